The number of carbonyl (C=O) groups is 1. The molecule has 1 spiro atoms. The lowest BCUT2D eigenvalue weighted by molar-refractivity contribution is -0.272. The zero-order valence-electron chi connectivity index (χ0n) is 22.8. The SMILES string of the molecule is CCCC(=O)OC1CCC2(C)C(=CCC3C2CCC2(C)C3CC3OC4(CCC(C)CO4)C(C)C32)C1. The van der Waals surface area contributed by atoms with E-state index >= 15 is 0 Å². The van der Waals surface area contributed by atoms with E-state index in [4.69, 9.17) is 14.2 Å². The molecule has 0 aromatic heterocycles. The Kier molecular flexibility index (Phi) is 6.00. The maximum Gasteiger partial charge on any atom is 0.306 e. The Morgan fingerprint density at radius 3 is 2.69 bits per heavy atom. The van der Waals surface area contributed by atoms with Crippen LogP contribution in [0.2, 0.25) is 0 Å². The van der Waals surface area contributed by atoms with Crippen LogP contribution in [0.1, 0.15) is 105 Å². The van der Waals surface area contributed by atoms with Crippen molar-refractivity contribution in [2.45, 2.75) is 123 Å². The topological polar surface area (TPSA) is 44.8 Å². The van der Waals surface area contributed by atoms with Crippen molar-refractivity contribution in [2.24, 2.45) is 46.3 Å². The molecule has 196 valence electrons. The predicted octanol–water partition coefficient (Wildman–Crippen LogP) is 7.06. The van der Waals surface area contributed by atoms with Gasteiger partial charge in [0.25, 0.3) is 0 Å². The molecule has 6 aliphatic rings. The Balaban J connectivity index is 1.20. The van der Waals surface area contributed by atoms with E-state index in [0.29, 0.717) is 35.7 Å². The van der Waals surface area contributed by atoms with Crippen LogP contribution in [0, 0.1) is 46.3 Å². The van der Waals surface area contributed by atoms with Crippen LogP contribution in [0.15, 0.2) is 11.6 Å². The molecule has 4 aliphatic carbocycles. The molecule has 2 saturated heterocycles. The first-order chi connectivity index (χ1) is 16.7. The maximum atomic E-state index is 12.1. The summed E-state index contributed by atoms with van der Waals surface area (Å²) >= 11 is 0. The molecule has 5 fully saturated rings. The van der Waals surface area contributed by atoms with Crippen LogP contribution in [0.4, 0.5) is 0 Å². The average Bonchev–Trinajstić information content (AvgIpc) is 3.26. The predicted molar refractivity (Wildman–Crippen MR) is 136 cm³/mol. The molecular weight excluding hydrogens is 436 g/mol. The van der Waals surface area contributed by atoms with Gasteiger partial charge in [-0.3, -0.25) is 4.79 Å². The van der Waals surface area contributed by atoms with Gasteiger partial charge in [-0.05, 0) is 91.8 Å². The smallest absolute Gasteiger partial charge is 0.306 e. The van der Waals surface area contributed by atoms with Gasteiger partial charge in [0.05, 0.1) is 12.7 Å². The lowest BCUT2D eigenvalue weighted by Crippen LogP contribution is -2.52. The van der Waals surface area contributed by atoms with Gasteiger partial charge in [0.2, 0.25) is 0 Å². The third-order valence-corrected chi connectivity index (χ3v) is 12.1. The van der Waals surface area contributed by atoms with Crippen molar-refractivity contribution in [3.8, 4) is 0 Å². The van der Waals surface area contributed by atoms with E-state index in [1.54, 1.807) is 5.57 Å². The first-order valence-corrected chi connectivity index (χ1v) is 14.9. The third-order valence-electron chi connectivity index (χ3n) is 12.1. The molecular formula is C31H48O4. The lowest BCUT2D eigenvalue weighted by atomic mass is 9.47. The Hall–Kier alpha value is -0.870. The van der Waals surface area contributed by atoms with Gasteiger partial charge in [-0.1, -0.05) is 46.3 Å². The molecule has 0 amide bonds. The lowest BCUT2D eigenvalue weighted by Gasteiger charge is -2.58. The van der Waals surface area contributed by atoms with E-state index in [1.807, 2.05) is 6.92 Å². The van der Waals surface area contributed by atoms with Crippen LogP contribution < -0.4 is 0 Å². The van der Waals surface area contributed by atoms with Crippen LogP contribution in [0.5, 0.6) is 0 Å². The maximum absolute atomic E-state index is 12.1. The fourth-order valence-electron chi connectivity index (χ4n) is 10.2. The second-order valence-corrected chi connectivity index (χ2v) is 13.9. The van der Waals surface area contributed by atoms with Gasteiger partial charge in [-0.2, -0.15) is 0 Å². The van der Waals surface area contributed by atoms with E-state index in [2.05, 4.69) is 33.8 Å². The molecule has 4 nitrogen and oxygen atoms in total. The van der Waals surface area contributed by atoms with Crippen molar-refractivity contribution in [3.63, 3.8) is 0 Å². The first-order valence-electron chi connectivity index (χ1n) is 14.9. The van der Waals surface area contributed by atoms with Crippen LogP contribution in [0.3, 0.4) is 0 Å². The zero-order valence-corrected chi connectivity index (χ0v) is 22.8. The van der Waals surface area contributed by atoms with Crippen molar-refractivity contribution in [1.82, 2.24) is 0 Å². The summed E-state index contributed by atoms with van der Waals surface area (Å²) in [5, 5.41) is 0. The number of allylic oxidation sites excluding steroid dienone is 1. The molecule has 2 heterocycles. The van der Waals surface area contributed by atoms with E-state index in [0.717, 1.165) is 50.0 Å². The van der Waals surface area contributed by atoms with Gasteiger partial charge in [-0.25, -0.2) is 0 Å². The minimum absolute atomic E-state index is 0.00962. The van der Waals surface area contributed by atoms with Crippen molar-refractivity contribution < 1.29 is 19.0 Å². The van der Waals surface area contributed by atoms with E-state index in [9.17, 15) is 4.79 Å². The monoisotopic (exact) mass is 484 g/mol. The van der Waals surface area contributed by atoms with Gasteiger partial charge in [0.15, 0.2) is 5.79 Å². The van der Waals surface area contributed by atoms with Crippen LogP contribution >= 0.6 is 0 Å². The second-order valence-electron chi connectivity index (χ2n) is 13.9. The van der Waals surface area contributed by atoms with Crippen molar-refractivity contribution in [3.05, 3.63) is 11.6 Å². The van der Waals surface area contributed by atoms with Crippen molar-refractivity contribution in [2.75, 3.05) is 6.61 Å². The molecule has 0 bridgehead atoms. The molecule has 2 aliphatic heterocycles. The van der Waals surface area contributed by atoms with Crippen molar-refractivity contribution >= 4 is 5.97 Å². The van der Waals surface area contributed by atoms with Crippen molar-refractivity contribution in [1.29, 1.82) is 0 Å². The molecule has 35 heavy (non-hydrogen) atoms. The summed E-state index contributed by atoms with van der Waals surface area (Å²) in [7, 11) is 0. The summed E-state index contributed by atoms with van der Waals surface area (Å²) in [6, 6.07) is 0. The van der Waals surface area contributed by atoms with E-state index in [1.165, 1.54) is 38.5 Å². The molecule has 6 rings (SSSR count). The fraction of sp³-hybridized carbons (Fsp3) is 0.903. The highest BCUT2D eigenvalue weighted by Crippen LogP contribution is 2.70. The minimum atomic E-state index is -0.314. The molecule has 0 N–H and O–H groups in total. The van der Waals surface area contributed by atoms with Crippen LogP contribution in [-0.2, 0) is 19.0 Å². The summed E-state index contributed by atoms with van der Waals surface area (Å²) < 4.78 is 19.3. The molecule has 3 saturated carbocycles. The van der Waals surface area contributed by atoms with Gasteiger partial charge in [-0.15, -0.1) is 0 Å². The number of esters is 1. The van der Waals surface area contributed by atoms with Gasteiger partial charge >= 0.3 is 5.97 Å². The highest BCUT2D eigenvalue weighted by Gasteiger charge is 2.68. The highest BCUT2D eigenvalue weighted by molar-refractivity contribution is 5.69. The number of hydrogen-bond acceptors (Lipinski definition) is 4. The summed E-state index contributed by atoms with van der Waals surface area (Å²) in [6.07, 6.45) is 15.0. The summed E-state index contributed by atoms with van der Waals surface area (Å²) in [6.45, 7) is 12.8. The number of hydrogen-bond donors (Lipinski definition) is 0. The number of rotatable bonds is 3. The van der Waals surface area contributed by atoms with Crippen LogP contribution in [0.25, 0.3) is 0 Å². The normalized spacial score (nSPS) is 52.8. The zero-order chi connectivity index (χ0) is 24.6. The Bertz CT molecular complexity index is 871. The number of fused-ring (bicyclic) bond motifs is 7. The standard InChI is InChI=1S/C31H48O4/c1-6-7-27(32)34-22-11-13-29(4)21(16-22)8-9-23-24(29)12-14-30(5)25(23)17-26-28(30)20(3)31(35-26)15-10-19(2)18-33-31/h8,19-20,22-26,28H,6-7,9-18H2,1-5H3. The molecule has 11 atom stereocenters. The first kappa shape index (κ1) is 24.5. The molecule has 4 heteroatoms. The van der Waals surface area contributed by atoms with Crippen LogP contribution in [-0.4, -0.2) is 30.6 Å². The molecule has 0 aromatic rings. The third kappa shape index (κ3) is 3.62. The van der Waals surface area contributed by atoms with Gasteiger partial charge in [0.1, 0.15) is 6.10 Å². The minimum Gasteiger partial charge on any atom is -0.462 e. The van der Waals surface area contributed by atoms with Gasteiger partial charge < -0.3 is 14.2 Å². The Morgan fingerprint density at radius 1 is 1.11 bits per heavy atom. The number of carbonyl (C=O) groups excluding carboxylic acids is 1. The second kappa shape index (κ2) is 8.58. The molecule has 11 unspecified atom stereocenters. The van der Waals surface area contributed by atoms with E-state index < -0.39 is 0 Å². The van der Waals surface area contributed by atoms with E-state index in [-0.39, 0.29) is 23.3 Å². The van der Waals surface area contributed by atoms with Gasteiger partial charge in [0, 0.05) is 25.2 Å². The quantitative estimate of drug-likeness (QED) is 0.318. The molecule has 0 aromatic carbocycles. The summed E-state index contributed by atoms with van der Waals surface area (Å²) in [5.41, 5.74) is 2.25. The fourth-order valence-corrected chi connectivity index (χ4v) is 10.2. The highest BCUT2D eigenvalue weighted by atomic mass is 16.7. The largest absolute Gasteiger partial charge is 0.462 e. The summed E-state index contributed by atoms with van der Waals surface area (Å²) in [4.78, 5) is 12.1. The molecule has 0 radical (unpaired) electrons. The Labute approximate surface area is 212 Å². The average molecular weight is 485 g/mol. The summed E-state index contributed by atoms with van der Waals surface area (Å²) in [5.74, 6) is 3.75. The number of ether oxygens (including phenoxy) is 3. The Morgan fingerprint density at radius 2 is 1.94 bits per heavy atom.